The smallest absolute Gasteiger partial charge is 0.299 e. The van der Waals surface area contributed by atoms with Crippen molar-refractivity contribution in [2.24, 2.45) is 0 Å². The Morgan fingerprint density at radius 2 is 2.12 bits per heavy atom. The van der Waals surface area contributed by atoms with Crippen molar-refractivity contribution in [2.75, 3.05) is 24.5 Å². The summed E-state index contributed by atoms with van der Waals surface area (Å²) in [7, 11) is 0. The summed E-state index contributed by atoms with van der Waals surface area (Å²) >= 11 is 3.39. The maximum absolute atomic E-state index is 11.8. The molecule has 90 valence electrons. The molecule has 5 heteroatoms. The van der Waals surface area contributed by atoms with E-state index in [-0.39, 0.29) is 0 Å². The van der Waals surface area contributed by atoms with E-state index in [0.29, 0.717) is 24.3 Å². The molecule has 1 amide bonds. The highest BCUT2D eigenvalue weighted by molar-refractivity contribution is 9.10. The Hall–Kier alpha value is -1.20. The highest BCUT2D eigenvalue weighted by atomic mass is 79.9. The van der Waals surface area contributed by atoms with E-state index >= 15 is 0 Å². The quantitative estimate of drug-likeness (QED) is 0.678. The van der Waals surface area contributed by atoms with Gasteiger partial charge in [0, 0.05) is 17.6 Å². The Bertz CT molecular complexity index is 474. The zero-order valence-corrected chi connectivity index (χ0v) is 11.1. The minimum absolute atomic E-state index is 0.419. The van der Waals surface area contributed by atoms with Gasteiger partial charge in [-0.3, -0.25) is 9.59 Å². The number of halogens is 1. The predicted octanol–water partition coefficient (Wildman–Crippen LogP) is 1.59. The molecule has 17 heavy (non-hydrogen) atoms. The SMILES string of the molecule is CCNCCN1C(=O)C(=O)c2cccc(Br)c21. The number of likely N-dealkylation sites (N-methyl/N-ethyl adjacent to an activating group) is 1. The van der Waals surface area contributed by atoms with Crippen LogP contribution in [0.25, 0.3) is 0 Å². The molecule has 1 aromatic rings. The number of anilines is 1. The van der Waals surface area contributed by atoms with Crippen molar-refractivity contribution in [3.05, 3.63) is 28.2 Å². The van der Waals surface area contributed by atoms with E-state index in [0.717, 1.165) is 11.0 Å². The molecule has 0 radical (unpaired) electrons. The number of rotatable bonds is 4. The number of hydrogen-bond donors (Lipinski definition) is 1. The number of benzene rings is 1. The van der Waals surface area contributed by atoms with Gasteiger partial charge >= 0.3 is 0 Å². The number of carbonyl (C=O) groups excluding carboxylic acids is 2. The van der Waals surface area contributed by atoms with Crippen LogP contribution in [0.4, 0.5) is 5.69 Å². The molecule has 1 aliphatic rings. The first-order chi connectivity index (χ1) is 8.16. The van der Waals surface area contributed by atoms with Crippen molar-refractivity contribution < 1.29 is 9.59 Å². The number of carbonyl (C=O) groups is 2. The number of fused-ring (bicyclic) bond motifs is 1. The van der Waals surface area contributed by atoms with Crippen molar-refractivity contribution >= 4 is 33.3 Å². The van der Waals surface area contributed by atoms with Crippen LogP contribution in [0.15, 0.2) is 22.7 Å². The number of Topliss-reactive ketones (excluding diaryl/α,β-unsaturated/α-hetero) is 1. The third-order valence-corrected chi connectivity index (χ3v) is 3.34. The second-order valence-corrected chi connectivity index (χ2v) is 4.63. The van der Waals surface area contributed by atoms with Crippen LogP contribution < -0.4 is 10.2 Å². The molecule has 0 atom stereocenters. The van der Waals surface area contributed by atoms with E-state index in [4.69, 9.17) is 0 Å². The molecule has 1 heterocycles. The lowest BCUT2D eigenvalue weighted by atomic mass is 10.1. The molecule has 0 saturated heterocycles. The second-order valence-electron chi connectivity index (χ2n) is 3.78. The van der Waals surface area contributed by atoms with Gasteiger partial charge in [-0.2, -0.15) is 0 Å². The average molecular weight is 297 g/mol. The summed E-state index contributed by atoms with van der Waals surface area (Å²) in [5, 5.41) is 3.14. The van der Waals surface area contributed by atoms with Gasteiger partial charge in [-0.15, -0.1) is 0 Å². The summed E-state index contributed by atoms with van der Waals surface area (Å²) in [6.45, 7) is 4.03. The van der Waals surface area contributed by atoms with Crippen LogP contribution in [-0.2, 0) is 4.79 Å². The van der Waals surface area contributed by atoms with Crippen LogP contribution >= 0.6 is 15.9 Å². The highest BCUT2D eigenvalue weighted by Crippen LogP contribution is 2.35. The Kier molecular flexibility index (Phi) is 3.59. The lowest BCUT2D eigenvalue weighted by molar-refractivity contribution is -0.114. The van der Waals surface area contributed by atoms with Crippen LogP contribution in [0.3, 0.4) is 0 Å². The van der Waals surface area contributed by atoms with Gasteiger partial charge in [0.2, 0.25) is 0 Å². The van der Waals surface area contributed by atoms with Gasteiger partial charge in [0.1, 0.15) is 0 Å². The van der Waals surface area contributed by atoms with Gasteiger partial charge in [0.05, 0.1) is 11.3 Å². The predicted molar refractivity (Wildman–Crippen MR) is 69.4 cm³/mol. The summed E-state index contributed by atoms with van der Waals surface area (Å²) in [5.41, 5.74) is 1.18. The highest BCUT2D eigenvalue weighted by Gasteiger charge is 2.36. The number of hydrogen-bond acceptors (Lipinski definition) is 3. The standard InChI is InChI=1S/C12H13BrN2O2/c1-2-14-6-7-15-10-8(11(16)12(15)17)4-3-5-9(10)13/h3-5,14H,2,6-7H2,1H3. The number of nitrogens with one attached hydrogen (secondary N) is 1. The van der Waals surface area contributed by atoms with Crippen LogP contribution in [0.5, 0.6) is 0 Å². The van der Waals surface area contributed by atoms with Crippen molar-refractivity contribution in [3.8, 4) is 0 Å². The molecule has 0 fully saturated rings. The number of amides is 1. The molecular weight excluding hydrogens is 284 g/mol. The lowest BCUT2D eigenvalue weighted by Crippen LogP contribution is -2.36. The molecule has 0 aromatic heterocycles. The minimum atomic E-state index is -0.440. The van der Waals surface area contributed by atoms with Crippen LogP contribution in [0, 0.1) is 0 Å². The largest absolute Gasteiger partial charge is 0.315 e. The maximum atomic E-state index is 11.8. The first kappa shape index (κ1) is 12.3. The molecule has 1 aromatic carbocycles. The number of para-hydroxylation sites is 1. The fourth-order valence-electron chi connectivity index (χ4n) is 1.89. The molecule has 0 bridgehead atoms. The van der Waals surface area contributed by atoms with E-state index in [1.165, 1.54) is 4.90 Å². The molecule has 4 nitrogen and oxygen atoms in total. The van der Waals surface area contributed by atoms with Gasteiger partial charge in [0.15, 0.2) is 0 Å². The van der Waals surface area contributed by atoms with E-state index in [1.807, 2.05) is 13.0 Å². The number of ketones is 1. The van der Waals surface area contributed by atoms with Crippen LogP contribution in [-0.4, -0.2) is 31.3 Å². The summed E-state index contributed by atoms with van der Waals surface area (Å²) in [6.07, 6.45) is 0. The maximum Gasteiger partial charge on any atom is 0.299 e. The van der Waals surface area contributed by atoms with E-state index in [1.54, 1.807) is 12.1 Å². The van der Waals surface area contributed by atoms with E-state index in [9.17, 15) is 9.59 Å². The van der Waals surface area contributed by atoms with Gasteiger partial charge in [0.25, 0.3) is 11.7 Å². The Morgan fingerprint density at radius 3 is 2.82 bits per heavy atom. The molecular formula is C12H13BrN2O2. The van der Waals surface area contributed by atoms with Crippen molar-refractivity contribution in [1.82, 2.24) is 5.32 Å². The lowest BCUT2D eigenvalue weighted by Gasteiger charge is -2.17. The minimum Gasteiger partial charge on any atom is -0.315 e. The summed E-state index contributed by atoms with van der Waals surface area (Å²) in [6, 6.07) is 5.29. The van der Waals surface area contributed by atoms with E-state index < -0.39 is 11.7 Å². The monoisotopic (exact) mass is 296 g/mol. The molecule has 0 aliphatic carbocycles. The van der Waals surface area contributed by atoms with Gasteiger partial charge in [-0.1, -0.05) is 13.0 Å². The zero-order chi connectivity index (χ0) is 12.4. The third-order valence-electron chi connectivity index (χ3n) is 2.70. The first-order valence-electron chi connectivity index (χ1n) is 5.52. The second kappa shape index (κ2) is 4.98. The average Bonchev–Trinajstić information content (AvgIpc) is 2.56. The molecule has 0 spiro atoms. The molecule has 0 unspecified atom stereocenters. The summed E-state index contributed by atoms with van der Waals surface area (Å²) in [5.74, 6) is -0.859. The fourth-order valence-corrected chi connectivity index (χ4v) is 2.47. The Labute approximate surface area is 108 Å². The molecule has 1 aliphatic heterocycles. The molecule has 0 saturated carbocycles. The number of nitrogens with zero attached hydrogens (tertiary/aromatic N) is 1. The van der Waals surface area contributed by atoms with Crippen molar-refractivity contribution in [1.29, 1.82) is 0 Å². The summed E-state index contributed by atoms with van der Waals surface area (Å²) < 4.78 is 0.783. The Balaban J connectivity index is 2.30. The normalized spacial score (nSPS) is 14.4. The van der Waals surface area contributed by atoms with E-state index in [2.05, 4.69) is 21.2 Å². The molecule has 1 N–H and O–H groups in total. The van der Waals surface area contributed by atoms with Crippen molar-refractivity contribution in [3.63, 3.8) is 0 Å². The Morgan fingerprint density at radius 1 is 1.35 bits per heavy atom. The fraction of sp³-hybridized carbons (Fsp3) is 0.333. The van der Waals surface area contributed by atoms with Crippen LogP contribution in [0.2, 0.25) is 0 Å². The topological polar surface area (TPSA) is 49.4 Å². The van der Waals surface area contributed by atoms with Gasteiger partial charge in [-0.05, 0) is 34.6 Å². The van der Waals surface area contributed by atoms with Crippen molar-refractivity contribution in [2.45, 2.75) is 6.92 Å². The molecule has 2 rings (SSSR count). The summed E-state index contributed by atoms with van der Waals surface area (Å²) in [4.78, 5) is 25.1. The van der Waals surface area contributed by atoms with Gasteiger partial charge < -0.3 is 10.2 Å². The third kappa shape index (κ3) is 2.12. The van der Waals surface area contributed by atoms with Crippen LogP contribution in [0.1, 0.15) is 17.3 Å². The zero-order valence-electron chi connectivity index (χ0n) is 9.50. The first-order valence-corrected chi connectivity index (χ1v) is 6.31. The van der Waals surface area contributed by atoms with Gasteiger partial charge in [-0.25, -0.2) is 0 Å².